The van der Waals surface area contributed by atoms with Crippen molar-refractivity contribution in [2.45, 2.75) is 105 Å². The van der Waals surface area contributed by atoms with Crippen molar-refractivity contribution >= 4 is 49.9 Å². The number of nitrogens with one attached hydrogen (secondary N) is 2. The lowest BCUT2D eigenvalue weighted by molar-refractivity contribution is -0.148. The Morgan fingerprint density at radius 2 is 1.79 bits per heavy atom. The second-order valence-corrected chi connectivity index (χ2v) is 14.8. The minimum atomic E-state index is -4.26. The van der Waals surface area contributed by atoms with Crippen LogP contribution in [-0.4, -0.2) is 80.7 Å². The van der Waals surface area contributed by atoms with Crippen LogP contribution in [0, 0.1) is 5.92 Å². The van der Waals surface area contributed by atoms with Crippen molar-refractivity contribution in [3.8, 4) is 0 Å². The van der Waals surface area contributed by atoms with Gasteiger partial charge in [0.25, 0.3) is 10.1 Å². The van der Waals surface area contributed by atoms with Gasteiger partial charge in [0, 0.05) is 23.4 Å². The average molecular weight is 739 g/mol. The highest BCUT2D eigenvalue weighted by molar-refractivity contribution is 9.10. The van der Waals surface area contributed by atoms with Gasteiger partial charge in [-0.15, -0.1) is 13.2 Å². The van der Waals surface area contributed by atoms with E-state index in [0.717, 1.165) is 44.9 Å². The molecule has 2 N–H and O–H groups in total. The zero-order chi connectivity index (χ0) is 34.2. The number of ether oxygens (including phenoxy) is 2. The van der Waals surface area contributed by atoms with E-state index in [1.807, 2.05) is 6.08 Å². The maximum absolute atomic E-state index is 14.2. The highest BCUT2D eigenvalue weighted by atomic mass is 79.9. The molecule has 4 rings (SSSR count). The fraction of sp³-hybridized carbons (Fsp3) is 0.576. The number of benzene rings is 1. The third-order valence-electron chi connectivity index (χ3n) is 8.98. The van der Waals surface area contributed by atoms with Gasteiger partial charge in [0.2, 0.25) is 11.8 Å². The summed E-state index contributed by atoms with van der Waals surface area (Å²) in [6, 6.07) is 3.64. The molecule has 1 aromatic rings. The fourth-order valence-corrected chi connectivity index (χ4v) is 7.63. The first-order chi connectivity index (χ1) is 22.4. The molecule has 0 radical (unpaired) electrons. The van der Waals surface area contributed by atoms with E-state index in [1.165, 1.54) is 24.1 Å². The van der Waals surface area contributed by atoms with Crippen molar-refractivity contribution in [1.29, 1.82) is 0 Å². The van der Waals surface area contributed by atoms with Crippen molar-refractivity contribution < 1.29 is 41.3 Å². The molecule has 5 atom stereocenters. The molecule has 258 valence electrons. The summed E-state index contributed by atoms with van der Waals surface area (Å²) in [4.78, 5) is 54.8. The predicted molar refractivity (Wildman–Crippen MR) is 176 cm³/mol. The van der Waals surface area contributed by atoms with Gasteiger partial charge in [0.15, 0.2) is 0 Å². The molecule has 47 heavy (non-hydrogen) atoms. The number of rotatable bonds is 16. The molecule has 12 nitrogen and oxygen atoms in total. The number of esters is 1. The second kappa shape index (κ2) is 16.2. The first-order valence-electron chi connectivity index (χ1n) is 16.0. The van der Waals surface area contributed by atoms with E-state index in [1.54, 1.807) is 18.2 Å². The van der Waals surface area contributed by atoms with Crippen LogP contribution in [0.1, 0.15) is 70.6 Å². The number of amides is 3. The van der Waals surface area contributed by atoms with Gasteiger partial charge in [-0.05, 0) is 75.6 Å². The standard InChI is InChI=1S/C33H44BrN3O9S/c1-4-6-7-8-9-14-27(35-32(41)45-24-12-10-11-13-24)30(39)37-21-25(46-47(42,43)26-17-15-23(34)16-18-26)19-28(37)29(38)36-33(31(40)44-3)20-22(33)5-2/h4-5,15-18,22,24-25,27-28H,1-2,6-14,19-21H2,3H3,(H,35,41)(H,36,38)/t22-,25-,27+,28+,33-/m1/s1. The Bertz CT molecular complexity index is 1430. The lowest BCUT2D eigenvalue weighted by atomic mass is 10.0. The molecule has 3 aliphatic rings. The molecule has 2 aliphatic carbocycles. The van der Waals surface area contributed by atoms with E-state index in [-0.39, 0.29) is 42.7 Å². The van der Waals surface area contributed by atoms with Crippen LogP contribution in [0.3, 0.4) is 0 Å². The first kappa shape index (κ1) is 36.6. The molecule has 3 fully saturated rings. The number of hydrogen-bond acceptors (Lipinski definition) is 9. The Morgan fingerprint density at radius 1 is 1.09 bits per heavy atom. The molecule has 1 saturated heterocycles. The van der Waals surface area contributed by atoms with Crippen LogP contribution in [0.4, 0.5) is 4.79 Å². The number of carbonyl (C=O) groups excluding carboxylic acids is 4. The van der Waals surface area contributed by atoms with Crippen LogP contribution in [-0.2, 0) is 38.2 Å². The largest absolute Gasteiger partial charge is 0.467 e. The minimum absolute atomic E-state index is 0.0864. The van der Waals surface area contributed by atoms with E-state index in [2.05, 4.69) is 39.7 Å². The predicted octanol–water partition coefficient (Wildman–Crippen LogP) is 4.53. The molecule has 1 heterocycles. The fourth-order valence-electron chi connectivity index (χ4n) is 6.29. The molecular formula is C33H44BrN3O9S. The van der Waals surface area contributed by atoms with E-state index >= 15 is 0 Å². The summed E-state index contributed by atoms with van der Waals surface area (Å²) in [5, 5.41) is 5.47. The number of halogens is 1. The maximum atomic E-state index is 14.2. The third kappa shape index (κ3) is 9.23. The van der Waals surface area contributed by atoms with Crippen LogP contribution < -0.4 is 10.6 Å². The van der Waals surface area contributed by atoms with Gasteiger partial charge in [0.1, 0.15) is 23.7 Å². The normalized spacial score (nSPS) is 24.6. The number of unbranched alkanes of at least 4 members (excludes halogenated alkanes) is 3. The lowest BCUT2D eigenvalue weighted by Crippen LogP contribution is -2.56. The molecular weight excluding hydrogens is 694 g/mol. The first-order valence-corrected chi connectivity index (χ1v) is 18.2. The van der Waals surface area contributed by atoms with Crippen LogP contribution in [0.5, 0.6) is 0 Å². The molecule has 14 heteroatoms. The van der Waals surface area contributed by atoms with E-state index < -0.39 is 57.7 Å². The van der Waals surface area contributed by atoms with E-state index in [0.29, 0.717) is 10.9 Å². The van der Waals surface area contributed by atoms with Gasteiger partial charge in [-0.3, -0.25) is 13.8 Å². The molecule has 2 saturated carbocycles. The van der Waals surface area contributed by atoms with Crippen LogP contribution >= 0.6 is 15.9 Å². The summed E-state index contributed by atoms with van der Waals surface area (Å²) in [6.07, 6.45) is 8.18. The van der Waals surface area contributed by atoms with Gasteiger partial charge < -0.3 is 25.0 Å². The van der Waals surface area contributed by atoms with E-state index in [9.17, 15) is 27.6 Å². The monoisotopic (exact) mass is 737 g/mol. The molecule has 1 aliphatic heterocycles. The highest BCUT2D eigenvalue weighted by Crippen LogP contribution is 2.45. The van der Waals surface area contributed by atoms with Crippen molar-refractivity contribution in [1.82, 2.24) is 15.5 Å². The summed E-state index contributed by atoms with van der Waals surface area (Å²) >= 11 is 3.28. The van der Waals surface area contributed by atoms with Gasteiger partial charge >= 0.3 is 12.1 Å². The number of allylic oxidation sites excluding steroid dienone is 1. The Kier molecular flexibility index (Phi) is 12.7. The number of carbonyl (C=O) groups is 4. The SMILES string of the molecule is C=CCCCCC[C@H](NC(=O)OC1CCCC1)C(=O)N1C[C@H](OS(=O)(=O)c2ccc(Br)cc2)C[C@H]1C(=O)N[C@]1(C(=O)OC)C[C@H]1C=C. The molecule has 0 spiro atoms. The Balaban J connectivity index is 1.57. The van der Waals surface area contributed by atoms with Crippen molar-refractivity contribution in [2.75, 3.05) is 13.7 Å². The van der Waals surface area contributed by atoms with Crippen molar-refractivity contribution in [2.24, 2.45) is 5.92 Å². The lowest BCUT2D eigenvalue weighted by Gasteiger charge is -2.29. The van der Waals surface area contributed by atoms with Crippen LogP contribution in [0.2, 0.25) is 0 Å². The molecule has 0 aromatic heterocycles. The zero-order valence-electron chi connectivity index (χ0n) is 26.7. The Hall–Kier alpha value is -3.23. The second-order valence-electron chi connectivity index (χ2n) is 12.3. The van der Waals surface area contributed by atoms with Gasteiger partial charge in [-0.2, -0.15) is 8.42 Å². The zero-order valence-corrected chi connectivity index (χ0v) is 29.1. The quantitative estimate of drug-likeness (QED) is 0.108. The topological polar surface area (TPSA) is 157 Å². The molecule has 1 aromatic carbocycles. The van der Waals surface area contributed by atoms with Crippen molar-refractivity contribution in [3.63, 3.8) is 0 Å². The summed E-state index contributed by atoms with van der Waals surface area (Å²) in [5.41, 5.74) is -1.33. The third-order valence-corrected chi connectivity index (χ3v) is 10.9. The van der Waals surface area contributed by atoms with E-state index in [4.69, 9.17) is 13.7 Å². The summed E-state index contributed by atoms with van der Waals surface area (Å²) in [5.74, 6) is -2.26. The average Bonchev–Trinajstić information content (AvgIpc) is 3.31. The number of methoxy groups -OCH3 is 1. The highest BCUT2D eigenvalue weighted by Gasteiger charge is 2.62. The number of likely N-dealkylation sites (tertiary alicyclic amines) is 1. The number of alkyl carbamates (subject to hydrolysis) is 1. The van der Waals surface area contributed by atoms with Gasteiger partial charge in [-0.25, -0.2) is 9.59 Å². The number of hydrogen-bond donors (Lipinski definition) is 2. The minimum Gasteiger partial charge on any atom is -0.467 e. The number of nitrogens with zero attached hydrogens (tertiary/aromatic N) is 1. The molecule has 3 amide bonds. The Morgan fingerprint density at radius 3 is 2.40 bits per heavy atom. The smallest absolute Gasteiger partial charge is 0.408 e. The van der Waals surface area contributed by atoms with Gasteiger partial charge in [0.05, 0.1) is 18.1 Å². The molecule has 0 unspecified atom stereocenters. The van der Waals surface area contributed by atoms with Crippen molar-refractivity contribution in [3.05, 3.63) is 54.0 Å². The van der Waals surface area contributed by atoms with Crippen LogP contribution in [0.25, 0.3) is 0 Å². The van der Waals surface area contributed by atoms with Crippen LogP contribution in [0.15, 0.2) is 58.9 Å². The maximum Gasteiger partial charge on any atom is 0.408 e. The summed E-state index contributed by atoms with van der Waals surface area (Å²) < 4.78 is 43.1. The summed E-state index contributed by atoms with van der Waals surface area (Å²) in [7, 11) is -3.05. The van der Waals surface area contributed by atoms with Gasteiger partial charge in [-0.1, -0.05) is 40.9 Å². The Labute approximate surface area is 284 Å². The summed E-state index contributed by atoms with van der Waals surface area (Å²) in [6.45, 7) is 7.23. The molecule has 0 bridgehead atoms.